The maximum absolute atomic E-state index is 13.7. The van der Waals surface area contributed by atoms with E-state index in [1.807, 2.05) is 48.5 Å². The van der Waals surface area contributed by atoms with Gasteiger partial charge in [0, 0.05) is 66.2 Å². The van der Waals surface area contributed by atoms with Gasteiger partial charge in [-0.1, -0.05) is 27.9 Å². The van der Waals surface area contributed by atoms with Crippen molar-refractivity contribution < 1.29 is 18.4 Å². The molecule has 3 heterocycles. The Balaban J connectivity index is 1.42. The minimum atomic E-state index is -0.366. The van der Waals surface area contributed by atoms with Crippen LogP contribution >= 0.6 is 27.9 Å². The fourth-order valence-electron chi connectivity index (χ4n) is 5.72. The summed E-state index contributed by atoms with van der Waals surface area (Å²) >= 11 is 5.04. The van der Waals surface area contributed by atoms with E-state index in [0.717, 1.165) is 39.5 Å². The Morgan fingerprint density at radius 1 is 1.17 bits per heavy atom. The molecule has 0 aliphatic carbocycles. The van der Waals surface area contributed by atoms with E-state index in [2.05, 4.69) is 35.7 Å². The maximum atomic E-state index is 13.7. The third kappa shape index (κ3) is 5.05. The number of benzene rings is 3. The van der Waals surface area contributed by atoms with Gasteiger partial charge in [-0.3, -0.25) is 14.7 Å². The molecule has 1 aliphatic rings. The molecule has 2 amide bonds. The first-order valence-corrected chi connectivity index (χ1v) is 15.6. The van der Waals surface area contributed by atoms with E-state index in [1.165, 1.54) is 12.1 Å². The molecule has 42 heavy (non-hydrogen) atoms. The normalized spacial score (nSPS) is 15.4. The number of halogens is 2. The van der Waals surface area contributed by atoms with Crippen molar-refractivity contribution in [3.05, 3.63) is 81.7 Å². The zero-order chi connectivity index (χ0) is 29.5. The summed E-state index contributed by atoms with van der Waals surface area (Å²) in [6.45, 7) is 1.16. The molecule has 0 unspecified atom stereocenters. The SMILES string of the molecule is CNC(=O)c1c(-c2ccc(F)cc2)oc2cc(N(C)SC)c([C@H]3CCCN(C(=O)c4n[nH]c5cc(Br)ccc45)C3)cc12. The van der Waals surface area contributed by atoms with E-state index in [4.69, 9.17) is 4.42 Å². The lowest BCUT2D eigenvalue weighted by Crippen LogP contribution is -2.39. The number of carbonyl (C=O) groups is 2. The molecule has 5 aromatic rings. The Hall–Kier alpha value is -3.83. The summed E-state index contributed by atoms with van der Waals surface area (Å²) in [6.07, 6.45) is 3.71. The van der Waals surface area contributed by atoms with Crippen molar-refractivity contribution in [3.8, 4) is 11.3 Å². The van der Waals surface area contributed by atoms with E-state index in [0.29, 0.717) is 46.6 Å². The third-order valence-electron chi connectivity index (χ3n) is 7.89. The number of carbonyl (C=O) groups excluding carboxylic acids is 2. The maximum Gasteiger partial charge on any atom is 0.275 e. The second-order valence-corrected chi connectivity index (χ2v) is 12.2. The predicted molar refractivity (Wildman–Crippen MR) is 169 cm³/mol. The van der Waals surface area contributed by atoms with E-state index >= 15 is 0 Å². The molecule has 0 saturated carbocycles. The highest BCUT2D eigenvalue weighted by Crippen LogP contribution is 2.42. The highest BCUT2D eigenvalue weighted by atomic mass is 79.9. The fourth-order valence-corrected chi connectivity index (χ4v) is 6.44. The molecular weight excluding hydrogens is 621 g/mol. The molecular formula is C31H29BrFN5O3S. The largest absolute Gasteiger partial charge is 0.455 e. The lowest BCUT2D eigenvalue weighted by atomic mass is 9.88. The molecule has 1 fully saturated rings. The minimum Gasteiger partial charge on any atom is -0.455 e. The minimum absolute atomic E-state index is 0.0257. The number of aromatic amines is 1. The summed E-state index contributed by atoms with van der Waals surface area (Å²) in [6, 6.07) is 15.6. The molecule has 1 atom stereocenters. The summed E-state index contributed by atoms with van der Waals surface area (Å²) < 4.78 is 22.9. The van der Waals surface area contributed by atoms with Crippen LogP contribution in [0.15, 0.2) is 63.5 Å². The van der Waals surface area contributed by atoms with Crippen molar-refractivity contribution in [3.63, 3.8) is 0 Å². The van der Waals surface area contributed by atoms with Crippen LogP contribution < -0.4 is 9.62 Å². The van der Waals surface area contributed by atoms with Crippen molar-refractivity contribution >= 4 is 67.3 Å². The van der Waals surface area contributed by atoms with Crippen molar-refractivity contribution in [2.45, 2.75) is 18.8 Å². The predicted octanol–water partition coefficient (Wildman–Crippen LogP) is 6.97. The first-order chi connectivity index (χ1) is 20.3. The van der Waals surface area contributed by atoms with Crippen LogP contribution in [0.25, 0.3) is 33.2 Å². The molecule has 0 bridgehead atoms. The van der Waals surface area contributed by atoms with Gasteiger partial charge in [0.15, 0.2) is 5.69 Å². The summed E-state index contributed by atoms with van der Waals surface area (Å²) in [7, 11) is 3.56. The van der Waals surface area contributed by atoms with Crippen LogP contribution in [-0.4, -0.2) is 60.4 Å². The van der Waals surface area contributed by atoms with Crippen LogP contribution in [0.3, 0.4) is 0 Å². The molecule has 6 rings (SSSR count). The Kier molecular flexibility index (Phi) is 7.71. The number of fused-ring (bicyclic) bond motifs is 2. The van der Waals surface area contributed by atoms with Gasteiger partial charge in [0.2, 0.25) is 0 Å². The second kappa shape index (κ2) is 11.4. The van der Waals surface area contributed by atoms with Crippen LogP contribution in [0.4, 0.5) is 10.1 Å². The third-order valence-corrected chi connectivity index (χ3v) is 9.12. The van der Waals surface area contributed by atoms with Gasteiger partial charge in [-0.2, -0.15) is 5.10 Å². The number of likely N-dealkylation sites (tertiary alicyclic amines) is 1. The van der Waals surface area contributed by atoms with Crippen LogP contribution in [-0.2, 0) is 0 Å². The van der Waals surface area contributed by atoms with Gasteiger partial charge in [0.1, 0.15) is 17.2 Å². The average Bonchev–Trinajstić information content (AvgIpc) is 3.60. The number of nitrogens with one attached hydrogen (secondary N) is 2. The highest BCUT2D eigenvalue weighted by Gasteiger charge is 2.31. The van der Waals surface area contributed by atoms with Crippen molar-refractivity contribution in [2.24, 2.45) is 0 Å². The first kappa shape index (κ1) is 28.3. The smallest absolute Gasteiger partial charge is 0.275 e. The molecule has 11 heteroatoms. The summed E-state index contributed by atoms with van der Waals surface area (Å²) in [5.41, 5.74) is 4.77. The van der Waals surface area contributed by atoms with Gasteiger partial charge in [-0.15, -0.1) is 0 Å². The number of nitrogens with zero attached hydrogens (tertiary/aromatic N) is 3. The highest BCUT2D eigenvalue weighted by molar-refractivity contribution is 9.10. The van der Waals surface area contributed by atoms with Crippen LogP contribution in [0.1, 0.15) is 45.2 Å². The summed E-state index contributed by atoms with van der Waals surface area (Å²) in [4.78, 5) is 28.8. The Bertz CT molecular complexity index is 1820. The van der Waals surface area contributed by atoms with E-state index < -0.39 is 0 Å². The second-order valence-electron chi connectivity index (χ2n) is 10.3. The standard InChI is InChI=1S/C31H29BrFN5O3S/c1-34-30(39)27-23-14-22(25(37(2)42-3)15-26(23)41-29(27)17-6-9-20(33)10-7-17)18-5-4-12-38(16-18)31(40)28-21-11-8-19(32)13-24(21)35-36-28/h6-11,13-15,18H,4-5,12,16H2,1-3H3,(H,34,39)(H,35,36)/t18-/m0/s1. The quantitative estimate of drug-likeness (QED) is 0.193. The lowest BCUT2D eigenvalue weighted by Gasteiger charge is -2.34. The molecule has 0 spiro atoms. The van der Waals surface area contributed by atoms with Crippen LogP contribution in [0, 0.1) is 5.82 Å². The van der Waals surface area contributed by atoms with Gasteiger partial charge < -0.3 is 18.9 Å². The van der Waals surface area contributed by atoms with Crippen molar-refractivity contribution in [1.29, 1.82) is 0 Å². The number of H-pyrrole nitrogens is 1. The molecule has 2 N–H and O–H groups in total. The molecule has 216 valence electrons. The number of aromatic nitrogens is 2. The number of rotatable bonds is 6. The monoisotopic (exact) mass is 649 g/mol. The number of hydrogen-bond donors (Lipinski definition) is 2. The van der Waals surface area contributed by atoms with E-state index in [9.17, 15) is 14.0 Å². The molecule has 8 nitrogen and oxygen atoms in total. The number of furan rings is 1. The van der Waals surface area contributed by atoms with E-state index in [-0.39, 0.29) is 23.5 Å². The number of hydrogen-bond acceptors (Lipinski definition) is 6. The van der Waals surface area contributed by atoms with Crippen molar-refractivity contribution in [2.75, 3.05) is 37.7 Å². The molecule has 3 aromatic carbocycles. The first-order valence-electron chi connectivity index (χ1n) is 13.6. The number of anilines is 1. The zero-order valence-electron chi connectivity index (χ0n) is 23.3. The molecule has 1 saturated heterocycles. The van der Waals surface area contributed by atoms with Gasteiger partial charge >= 0.3 is 0 Å². The summed E-state index contributed by atoms with van der Waals surface area (Å²) in [5, 5.41) is 11.5. The Morgan fingerprint density at radius 3 is 2.69 bits per heavy atom. The number of piperidine rings is 1. The Labute approximate surface area is 254 Å². The van der Waals surface area contributed by atoms with Crippen LogP contribution in [0.2, 0.25) is 0 Å². The molecule has 1 aliphatic heterocycles. The number of amides is 2. The van der Waals surface area contributed by atoms with Gasteiger partial charge in [0.25, 0.3) is 11.8 Å². The zero-order valence-corrected chi connectivity index (χ0v) is 25.7. The molecule has 2 aromatic heterocycles. The Morgan fingerprint density at radius 2 is 1.95 bits per heavy atom. The molecule has 0 radical (unpaired) electrons. The van der Waals surface area contributed by atoms with E-state index in [1.54, 1.807) is 31.1 Å². The van der Waals surface area contributed by atoms with Crippen molar-refractivity contribution in [1.82, 2.24) is 20.4 Å². The lowest BCUT2D eigenvalue weighted by molar-refractivity contribution is 0.0703. The van der Waals surface area contributed by atoms with Gasteiger partial charge in [0.05, 0.1) is 16.8 Å². The summed E-state index contributed by atoms with van der Waals surface area (Å²) in [5.74, 6) is -0.353. The average molecular weight is 651 g/mol. The fraction of sp³-hybridized carbons (Fsp3) is 0.258. The topological polar surface area (TPSA) is 94.5 Å². The van der Waals surface area contributed by atoms with Crippen LogP contribution in [0.5, 0.6) is 0 Å². The van der Waals surface area contributed by atoms with Gasteiger partial charge in [-0.05, 0) is 66.9 Å². The van der Waals surface area contributed by atoms with Gasteiger partial charge in [-0.25, -0.2) is 4.39 Å².